The number of hydrogen-bond donors (Lipinski definition) is 1. The van der Waals surface area contributed by atoms with E-state index in [0.29, 0.717) is 10.8 Å². The molecule has 1 aliphatic rings. The number of allylic oxidation sites excluding steroid dienone is 3. The third-order valence-corrected chi connectivity index (χ3v) is 3.86. The summed E-state index contributed by atoms with van der Waals surface area (Å²) in [5, 5.41) is 8.79. The maximum atomic E-state index is 10.7. The molecule has 84 valence electrons. The molecule has 1 aromatic rings. The number of carboxylic acid groups (broad SMARTS) is 1. The number of carbonyl (C=O) groups is 1. The molecule has 0 radical (unpaired) electrons. The van der Waals surface area contributed by atoms with Crippen LogP contribution < -0.4 is 0 Å². The van der Waals surface area contributed by atoms with Gasteiger partial charge in [-0.1, -0.05) is 19.1 Å². The van der Waals surface area contributed by atoms with E-state index in [-0.39, 0.29) is 0 Å². The van der Waals surface area contributed by atoms with E-state index in [1.54, 1.807) is 6.07 Å². The summed E-state index contributed by atoms with van der Waals surface area (Å²) in [5.74, 6) is -0.215. The summed E-state index contributed by atoms with van der Waals surface area (Å²) in [7, 11) is 0. The molecule has 2 rings (SSSR count). The van der Waals surface area contributed by atoms with Gasteiger partial charge in [-0.15, -0.1) is 11.3 Å². The summed E-state index contributed by atoms with van der Waals surface area (Å²) < 4.78 is 0. The first-order valence-electron chi connectivity index (χ1n) is 5.38. The highest BCUT2D eigenvalue weighted by Gasteiger charge is 2.11. The molecule has 0 saturated carbocycles. The van der Waals surface area contributed by atoms with E-state index >= 15 is 0 Å². The third kappa shape index (κ3) is 2.42. The first kappa shape index (κ1) is 11.1. The Kier molecular flexibility index (Phi) is 3.25. The molecule has 1 N–H and O–H groups in total. The van der Waals surface area contributed by atoms with E-state index in [4.69, 9.17) is 5.11 Å². The lowest BCUT2D eigenvalue weighted by Crippen LogP contribution is -1.89. The minimum Gasteiger partial charge on any atom is -0.477 e. The van der Waals surface area contributed by atoms with Crippen LogP contribution in [0.4, 0.5) is 0 Å². The maximum Gasteiger partial charge on any atom is 0.345 e. The average Bonchev–Trinajstić information content (AvgIpc) is 2.83. The second kappa shape index (κ2) is 4.66. The Morgan fingerprint density at radius 1 is 1.50 bits per heavy atom. The van der Waals surface area contributed by atoms with E-state index in [1.165, 1.54) is 23.3 Å². The van der Waals surface area contributed by atoms with Gasteiger partial charge in [-0.2, -0.15) is 0 Å². The summed E-state index contributed by atoms with van der Waals surface area (Å²) in [6.07, 6.45) is 8.75. The van der Waals surface area contributed by atoms with Crippen LogP contribution in [0.1, 0.15) is 34.3 Å². The lowest BCUT2D eigenvalue weighted by atomic mass is 10.0. The highest BCUT2D eigenvalue weighted by atomic mass is 32.1. The molecule has 0 saturated heterocycles. The molecular weight excluding hydrogens is 220 g/mol. The molecular formula is C13H14O2S. The fraction of sp³-hybridized carbons (Fsp3) is 0.308. The Labute approximate surface area is 98.9 Å². The number of carboxylic acids is 1. The molecule has 0 spiro atoms. The topological polar surface area (TPSA) is 37.3 Å². The van der Waals surface area contributed by atoms with Crippen molar-refractivity contribution in [3.63, 3.8) is 0 Å². The van der Waals surface area contributed by atoms with Crippen LogP contribution in [0.3, 0.4) is 0 Å². The molecule has 0 aliphatic heterocycles. The summed E-state index contributed by atoms with van der Waals surface area (Å²) in [6, 6.07) is 3.50. The summed E-state index contributed by atoms with van der Waals surface area (Å²) >= 11 is 1.31. The van der Waals surface area contributed by atoms with Crippen LogP contribution in [0.5, 0.6) is 0 Å². The fourth-order valence-corrected chi connectivity index (χ4v) is 2.59. The van der Waals surface area contributed by atoms with Gasteiger partial charge in [-0.05, 0) is 42.5 Å². The molecule has 1 heterocycles. The average molecular weight is 234 g/mol. The molecule has 0 amide bonds. The van der Waals surface area contributed by atoms with Crippen LogP contribution >= 0.6 is 11.3 Å². The van der Waals surface area contributed by atoms with Crippen molar-refractivity contribution >= 4 is 23.4 Å². The zero-order chi connectivity index (χ0) is 11.5. The predicted molar refractivity (Wildman–Crippen MR) is 66.8 cm³/mol. The minimum absolute atomic E-state index is 0.396. The molecule has 16 heavy (non-hydrogen) atoms. The largest absolute Gasteiger partial charge is 0.477 e. The Morgan fingerprint density at radius 3 is 2.88 bits per heavy atom. The smallest absolute Gasteiger partial charge is 0.345 e. The first-order valence-corrected chi connectivity index (χ1v) is 6.20. The number of rotatable bonds is 3. The van der Waals surface area contributed by atoms with Crippen molar-refractivity contribution in [2.24, 2.45) is 5.92 Å². The van der Waals surface area contributed by atoms with E-state index in [2.05, 4.69) is 19.1 Å². The molecule has 0 aromatic carbocycles. The molecule has 0 bridgehead atoms. The molecule has 1 atom stereocenters. The monoisotopic (exact) mass is 234 g/mol. The first-order chi connectivity index (χ1) is 7.66. The second-order valence-corrected chi connectivity index (χ2v) is 5.14. The van der Waals surface area contributed by atoms with Gasteiger partial charge in [0.2, 0.25) is 0 Å². The van der Waals surface area contributed by atoms with Crippen molar-refractivity contribution in [3.05, 3.63) is 39.6 Å². The number of aromatic carboxylic acids is 1. The van der Waals surface area contributed by atoms with Gasteiger partial charge in [0.25, 0.3) is 0 Å². The van der Waals surface area contributed by atoms with Gasteiger partial charge in [0.1, 0.15) is 4.88 Å². The highest BCUT2D eigenvalue weighted by Crippen LogP contribution is 2.27. The van der Waals surface area contributed by atoms with E-state index < -0.39 is 5.97 Å². The van der Waals surface area contributed by atoms with Crippen molar-refractivity contribution in [2.45, 2.75) is 19.8 Å². The van der Waals surface area contributed by atoms with Gasteiger partial charge in [-0.25, -0.2) is 4.79 Å². The fourth-order valence-electron chi connectivity index (χ4n) is 1.84. The van der Waals surface area contributed by atoms with Crippen LogP contribution in [0.15, 0.2) is 29.9 Å². The predicted octanol–water partition coefficient (Wildman–Crippen LogP) is 3.82. The Morgan fingerprint density at radius 2 is 2.31 bits per heavy atom. The summed E-state index contributed by atoms with van der Waals surface area (Å²) in [6.45, 7) is 2.22. The summed E-state index contributed by atoms with van der Waals surface area (Å²) in [4.78, 5) is 12.1. The van der Waals surface area contributed by atoms with Gasteiger partial charge < -0.3 is 5.11 Å². The Balaban J connectivity index is 2.08. The van der Waals surface area contributed by atoms with Crippen LogP contribution in [0, 0.1) is 5.92 Å². The van der Waals surface area contributed by atoms with Crippen molar-refractivity contribution < 1.29 is 9.90 Å². The van der Waals surface area contributed by atoms with Crippen LogP contribution in [-0.2, 0) is 0 Å². The van der Waals surface area contributed by atoms with Crippen LogP contribution in [0.2, 0.25) is 0 Å². The Hall–Kier alpha value is -1.35. The molecule has 3 heteroatoms. The lowest BCUT2D eigenvalue weighted by Gasteiger charge is -2.02. The van der Waals surface area contributed by atoms with Crippen LogP contribution in [0.25, 0.3) is 6.08 Å². The zero-order valence-corrected chi connectivity index (χ0v) is 9.96. The van der Waals surface area contributed by atoms with Crippen molar-refractivity contribution in [1.82, 2.24) is 0 Å². The number of hydrogen-bond acceptors (Lipinski definition) is 2. The normalized spacial score (nSPS) is 20.3. The molecule has 0 fully saturated rings. The SMILES string of the molecule is CC1CCC=C1/C=C/c1ccc(C(=O)O)s1. The van der Waals surface area contributed by atoms with E-state index in [0.717, 1.165) is 11.3 Å². The maximum absolute atomic E-state index is 10.7. The van der Waals surface area contributed by atoms with Gasteiger partial charge >= 0.3 is 5.97 Å². The van der Waals surface area contributed by atoms with E-state index in [9.17, 15) is 4.79 Å². The highest BCUT2D eigenvalue weighted by molar-refractivity contribution is 7.14. The summed E-state index contributed by atoms with van der Waals surface area (Å²) in [5.41, 5.74) is 1.37. The van der Waals surface area contributed by atoms with Gasteiger partial charge in [0.05, 0.1) is 0 Å². The van der Waals surface area contributed by atoms with Gasteiger partial charge in [0.15, 0.2) is 0 Å². The zero-order valence-electron chi connectivity index (χ0n) is 9.14. The Bertz CT molecular complexity index is 454. The minimum atomic E-state index is -0.849. The van der Waals surface area contributed by atoms with Crippen LogP contribution in [-0.4, -0.2) is 11.1 Å². The van der Waals surface area contributed by atoms with Gasteiger partial charge in [0, 0.05) is 4.88 Å². The quantitative estimate of drug-likeness (QED) is 0.863. The third-order valence-electron chi connectivity index (χ3n) is 2.83. The number of thiophene rings is 1. The standard InChI is InChI=1S/C13H14O2S/c1-9-3-2-4-10(9)5-6-11-7-8-12(16-11)13(14)15/h4-9H,2-3H2,1H3,(H,14,15)/b6-5+. The second-order valence-electron chi connectivity index (χ2n) is 4.02. The van der Waals surface area contributed by atoms with Gasteiger partial charge in [-0.3, -0.25) is 0 Å². The van der Waals surface area contributed by atoms with Crippen molar-refractivity contribution in [1.29, 1.82) is 0 Å². The lowest BCUT2D eigenvalue weighted by molar-refractivity contribution is 0.0702. The van der Waals surface area contributed by atoms with Crippen molar-refractivity contribution in [2.75, 3.05) is 0 Å². The molecule has 2 nitrogen and oxygen atoms in total. The molecule has 1 unspecified atom stereocenters. The van der Waals surface area contributed by atoms with E-state index in [1.807, 2.05) is 12.1 Å². The van der Waals surface area contributed by atoms with Crippen molar-refractivity contribution in [3.8, 4) is 0 Å². The molecule has 1 aromatic heterocycles. The molecule has 1 aliphatic carbocycles.